The molecule has 110 valence electrons. The standard InChI is InChI=1S/C16H30N2O/c1-10-7-11(2)14(17)8-13(10)15(19)18-12-5-6-16(3,4)9-12/h10-14H,5-9,17H2,1-4H3,(H,18,19). The summed E-state index contributed by atoms with van der Waals surface area (Å²) in [4.78, 5) is 12.5. The minimum atomic E-state index is 0.120. The van der Waals surface area contributed by atoms with Crippen molar-refractivity contribution in [2.24, 2.45) is 28.9 Å². The molecule has 5 unspecified atom stereocenters. The average Bonchev–Trinajstić information content (AvgIpc) is 2.63. The molecule has 0 heterocycles. The van der Waals surface area contributed by atoms with Crippen LogP contribution in [-0.4, -0.2) is 18.0 Å². The van der Waals surface area contributed by atoms with E-state index >= 15 is 0 Å². The fourth-order valence-electron chi connectivity index (χ4n) is 3.92. The van der Waals surface area contributed by atoms with Gasteiger partial charge in [-0.3, -0.25) is 4.79 Å². The summed E-state index contributed by atoms with van der Waals surface area (Å²) < 4.78 is 0. The smallest absolute Gasteiger partial charge is 0.223 e. The van der Waals surface area contributed by atoms with Gasteiger partial charge in [-0.1, -0.05) is 27.7 Å². The van der Waals surface area contributed by atoms with Crippen LogP contribution in [0.25, 0.3) is 0 Å². The molecule has 2 aliphatic rings. The Kier molecular flexibility index (Phi) is 4.24. The van der Waals surface area contributed by atoms with Crippen LogP contribution in [0.15, 0.2) is 0 Å². The zero-order chi connectivity index (χ0) is 14.2. The first-order chi connectivity index (χ1) is 8.78. The molecule has 1 amide bonds. The first-order valence-corrected chi connectivity index (χ1v) is 7.84. The number of carbonyl (C=O) groups is 1. The molecular weight excluding hydrogens is 236 g/mol. The van der Waals surface area contributed by atoms with E-state index in [9.17, 15) is 4.79 Å². The minimum Gasteiger partial charge on any atom is -0.353 e. The van der Waals surface area contributed by atoms with E-state index in [1.165, 1.54) is 6.42 Å². The third-order valence-electron chi connectivity index (χ3n) is 5.34. The van der Waals surface area contributed by atoms with E-state index in [1.807, 2.05) is 0 Å². The highest BCUT2D eigenvalue weighted by Gasteiger charge is 2.37. The quantitative estimate of drug-likeness (QED) is 0.807. The van der Waals surface area contributed by atoms with Crippen LogP contribution in [0.5, 0.6) is 0 Å². The van der Waals surface area contributed by atoms with Gasteiger partial charge in [-0.25, -0.2) is 0 Å². The summed E-state index contributed by atoms with van der Waals surface area (Å²) in [6, 6.07) is 0.567. The van der Waals surface area contributed by atoms with E-state index in [0.717, 1.165) is 25.7 Å². The van der Waals surface area contributed by atoms with Crippen molar-refractivity contribution in [3.63, 3.8) is 0 Å². The number of hydrogen-bond donors (Lipinski definition) is 2. The number of amides is 1. The molecule has 0 spiro atoms. The van der Waals surface area contributed by atoms with E-state index in [0.29, 0.717) is 23.3 Å². The number of rotatable bonds is 2. The zero-order valence-corrected chi connectivity index (χ0v) is 12.9. The predicted molar refractivity (Wildman–Crippen MR) is 78.6 cm³/mol. The first kappa shape index (κ1) is 14.8. The molecule has 0 radical (unpaired) electrons. The molecule has 3 heteroatoms. The summed E-state index contributed by atoms with van der Waals surface area (Å²) in [6.45, 7) is 8.99. The number of nitrogens with one attached hydrogen (secondary N) is 1. The molecular formula is C16H30N2O. The molecule has 2 aliphatic carbocycles. The maximum absolute atomic E-state index is 12.5. The Hall–Kier alpha value is -0.570. The van der Waals surface area contributed by atoms with Crippen LogP contribution in [0.4, 0.5) is 0 Å². The lowest BCUT2D eigenvalue weighted by Crippen LogP contribution is -2.47. The highest BCUT2D eigenvalue weighted by molar-refractivity contribution is 5.79. The summed E-state index contributed by atoms with van der Waals surface area (Å²) in [7, 11) is 0. The number of carbonyl (C=O) groups excluding carboxylic acids is 1. The Labute approximate surface area is 117 Å². The maximum Gasteiger partial charge on any atom is 0.223 e. The molecule has 0 bridgehead atoms. The molecule has 2 rings (SSSR count). The monoisotopic (exact) mass is 266 g/mol. The predicted octanol–water partition coefficient (Wildman–Crippen LogP) is 2.69. The van der Waals surface area contributed by atoms with Gasteiger partial charge in [-0.05, 0) is 49.4 Å². The molecule has 0 aromatic rings. The molecule has 2 fully saturated rings. The Balaban J connectivity index is 1.89. The molecule has 19 heavy (non-hydrogen) atoms. The highest BCUT2D eigenvalue weighted by Crippen LogP contribution is 2.38. The van der Waals surface area contributed by atoms with Gasteiger partial charge in [0.2, 0.25) is 5.91 Å². The second kappa shape index (κ2) is 5.43. The van der Waals surface area contributed by atoms with Gasteiger partial charge in [-0.2, -0.15) is 0 Å². The van der Waals surface area contributed by atoms with Gasteiger partial charge < -0.3 is 11.1 Å². The van der Waals surface area contributed by atoms with Crippen molar-refractivity contribution in [3.05, 3.63) is 0 Å². The average molecular weight is 266 g/mol. The van der Waals surface area contributed by atoms with Crippen LogP contribution < -0.4 is 11.1 Å². The SMILES string of the molecule is CC1CC(C)C(C(=O)NC2CCC(C)(C)C2)CC1N. The van der Waals surface area contributed by atoms with Crippen molar-refractivity contribution < 1.29 is 4.79 Å². The van der Waals surface area contributed by atoms with Crippen LogP contribution in [0.3, 0.4) is 0 Å². The third-order valence-corrected chi connectivity index (χ3v) is 5.34. The fourth-order valence-corrected chi connectivity index (χ4v) is 3.92. The molecule has 0 saturated heterocycles. The van der Waals surface area contributed by atoms with E-state index in [1.54, 1.807) is 0 Å². The molecule has 5 atom stereocenters. The molecule has 3 nitrogen and oxygen atoms in total. The molecule has 3 N–H and O–H groups in total. The summed E-state index contributed by atoms with van der Waals surface area (Å²) in [5, 5.41) is 3.28. The number of nitrogens with two attached hydrogens (primary N) is 1. The first-order valence-electron chi connectivity index (χ1n) is 7.84. The van der Waals surface area contributed by atoms with Crippen LogP contribution in [-0.2, 0) is 4.79 Å². The van der Waals surface area contributed by atoms with E-state index in [2.05, 4.69) is 33.0 Å². The van der Waals surface area contributed by atoms with Crippen LogP contribution >= 0.6 is 0 Å². The van der Waals surface area contributed by atoms with Crippen molar-refractivity contribution in [3.8, 4) is 0 Å². The van der Waals surface area contributed by atoms with Gasteiger partial charge in [0.05, 0.1) is 0 Å². The van der Waals surface area contributed by atoms with Crippen LogP contribution in [0, 0.1) is 23.2 Å². The van der Waals surface area contributed by atoms with Crippen molar-refractivity contribution in [2.45, 2.75) is 71.9 Å². The molecule has 2 saturated carbocycles. The van der Waals surface area contributed by atoms with Gasteiger partial charge in [0.15, 0.2) is 0 Å². The van der Waals surface area contributed by atoms with E-state index in [4.69, 9.17) is 5.73 Å². The number of hydrogen-bond acceptors (Lipinski definition) is 2. The van der Waals surface area contributed by atoms with Gasteiger partial charge in [0.25, 0.3) is 0 Å². The molecule has 0 aromatic heterocycles. The Morgan fingerprint density at radius 3 is 2.47 bits per heavy atom. The van der Waals surface area contributed by atoms with E-state index < -0.39 is 0 Å². The Morgan fingerprint density at radius 2 is 1.89 bits per heavy atom. The summed E-state index contributed by atoms with van der Waals surface area (Å²) in [6.07, 6.45) is 5.39. The van der Waals surface area contributed by atoms with Crippen molar-refractivity contribution in [1.29, 1.82) is 0 Å². The van der Waals surface area contributed by atoms with Gasteiger partial charge >= 0.3 is 0 Å². The van der Waals surface area contributed by atoms with Gasteiger partial charge in [-0.15, -0.1) is 0 Å². The van der Waals surface area contributed by atoms with Crippen molar-refractivity contribution in [2.75, 3.05) is 0 Å². The van der Waals surface area contributed by atoms with Crippen molar-refractivity contribution >= 4 is 5.91 Å². The summed E-state index contributed by atoms with van der Waals surface area (Å²) in [5.74, 6) is 1.38. The second-order valence-electron chi connectivity index (χ2n) is 7.81. The fraction of sp³-hybridized carbons (Fsp3) is 0.938. The zero-order valence-electron chi connectivity index (χ0n) is 12.9. The maximum atomic E-state index is 12.5. The summed E-state index contributed by atoms with van der Waals surface area (Å²) >= 11 is 0. The Morgan fingerprint density at radius 1 is 1.21 bits per heavy atom. The van der Waals surface area contributed by atoms with Crippen LogP contribution in [0.1, 0.15) is 59.8 Å². The third kappa shape index (κ3) is 3.50. The van der Waals surface area contributed by atoms with E-state index in [-0.39, 0.29) is 17.9 Å². The highest BCUT2D eigenvalue weighted by atomic mass is 16.2. The molecule has 0 aromatic carbocycles. The molecule has 0 aliphatic heterocycles. The second-order valence-corrected chi connectivity index (χ2v) is 7.81. The topological polar surface area (TPSA) is 55.1 Å². The van der Waals surface area contributed by atoms with Crippen LogP contribution in [0.2, 0.25) is 0 Å². The minimum absolute atomic E-state index is 0.120. The lowest BCUT2D eigenvalue weighted by atomic mass is 9.72. The lowest BCUT2D eigenvalue weighted by Gasteiger charge is -2.36. The van der Waals surface area contributed by atoms with Gasteiger partial charge in [0.1, 0.15) is 0 Å². The normalized spacial score (nSPS) is 42.1. The summed E-state index contributed by atoms with van der Waals surface area (Å²) in [5.41, 5.74) is 6.53. The Bertz CT molecular complexity index is 340. The van der Waals surface area contributed by atoms with Crippen molar-refractivity contribution in [1.82, 2.24) is 5.32 Å². The lowest BCUT2D eigenvalue weighted by molar-refractivity contribution is -0.128. The van der Waals surface area contributed by atoms with Gasteiger partial charge in [0, 0.05) is 18.0 Å². The largest absolute Gasteiger partial charge is 0.353 e.